The van der Waals surface area contributed by atoms with Crippen molar-refractivity contribution in [3.63, 3.8) is 0 Å². The van der Waals surface area contributed by atoms with Gasteiger partial charge >= 0.3 is 0 Å². The van der Waals surface area contributed by atoms with E-state index in [2.05, 4.69) is 22.2 Å². The fourth-order valence-corrected chi connectivity index (χ4v) is 1.97. The molecule has 1 aromatic heterocycles. The van der Waals surface area contributed by atoms with Gasteiger partial charge in [0.2, 0.25) is 5.89 Å². The molecule has 0 saturated heterocycles. The minimum Gasteiger partial charge on any atom is -0.444 e. The Morgan fingerprint density at radius 1 is 1.27 bits per heavy atom. The zero-order chi connectivity index (χ0) is 16.2. The lowest BCUT2D eigenvalue weighted by Crippen LogP contribution is -2.45. The molecular formula is C17H24N4O. The van der Waals surface area contributed by atoms with E-state index in [4.69, 9.17) is 10.2 Å². The maximum Gasteiger partial charge on any atom is 0.226 e. The van der Waals surface area contributed by atoms with Gasteiger partial charge in [-0.05, 0) is 39.8 Å². The highest BCUT2D eigenvalue weighted by Gasteiger charge is 2.10. The first kappa shape index (κ1) is 16.1. The van der Waals surface area contributed by atoms with E-state index in [0.29, 0.717) is 24.8 Å². The first-order chi connectivity index (χ1) is 10.3. The van der Waals surface area contributed by atoms with Crippen LogP contribution in [0.4, 0.5) is 0 Å². The Morgan fingerprint density at radius 2 is 1.95 bits per heavy atom. The summed E-state index contributed by atoms with van der Waals surface area (Å²) in [5.74, 6) is 1.09. The Morgan fingerprint density at radius 3 is 2.59 bits per heavy atom. The van der Waals surface area contributed by atoms with Gasteiger partial charge < -0.3 is 15.5 Å². The number of aliphatic imine (C=N–C) groups is 1. The average Bonchev–Trinajstić information content (AvgIpc) is 2.86. The topological polar surface area (TPSA) is 76.4 Å². The maximum atomic E-state index is 5.83. The number of nitrogens with two attached hydrogens (primary N) is 1. The predicted molar refractivity (Wildman–Crippen MR) is 89.8 cm³/mol. The lowest BCUT2D eigenvalue weighted by Gasteiger charge is -2.20. The lowest BCUT2D eigenvalue weighted by molar-refractivity contribution is 0.508. The number of nitrogens with zero attached hydrogens (tertiary/aromatic N) is 2. The fourth-order valence-electron chi connectivity index (χ4n) is 1.97. The second-order valence-electron chi connectivity index (χ2n) is 6.40. The molecule has 0 amide bonds. The smallest absolute Gasteiger partial charge is 0.226 e. The average molecular weight is 300 g/mol. The molecule has 0 saturated carbocycles. The first-order valence-corrected chi connectivity index (χ1v) is 7.43. The second kappa shape index (κ2) is 6.64. The normalized spacial score (nSPS) is 12.5. The molecule has 2 rings (SSSR count). The third-order valence-electron chi connectivity index (χ3n) is 3.00. The highest BCUT2D eigenvalue weighted by Crippen LogP contribution is 2.19. The Labute approximate surface area is 131 Å². The molecule has 0 atom stereocenters. The molecule has 1 heterocycles. The number of hydrogen-bond acceptors (Lipinski definition) is 3. The molecule has 0 radical (unpaired) electrons. The summed E-state index contributed by atoms with van der Waals surface area (Å²) < 4.78 is 5.52. The van der Waals surface area contributed by atoms with Crippen LogP contribution in [0.2, 0.25) is 0 Å². The SMILES string of the molecule is Cc1ccc(-c2nc(CCN=C(N)NC(C)(C)C)co2)cc1. The van der Waals surface area contributed by atoms with E-state index in [0.717, 1.165) is 11.3 Å². The minimum absolute atomic E-state index is 0.0833. The molecular weight excluding hydrogens is 276 g/mol. The number of guanidine groups is 1. The van der Waals surface area contributed by atoms with Crippen LogP contribution in [0.25, 0.3) is 11.5 Å². The van der Waals surface area contributed by atoms with Gasteiger partial charge in [-0.1, -0.05) is 17.7 Å². The van der Waals surface area contributed by atoms with Gasteiger partial charge in [-0.3, -0.25) is 4.99 Å². The number of aromatic nitrogens is 1. The Balaban J connectivity index is 1.92. The molecule has 0 spiro atoms. The molecule has 0 unspecified atom stereocenters. The van der Waals surface area contributed by atoms with Crippen LogP contribution >= 0.6 is 0 Å². The third-order valence-corrected chi connectivity index (χ3v) is 3.00. The van der Waals surface area contributed by atoms with E-state index in [1.807, 2.05) is 45.0 Å². The van der Waals surface area contributed by atoms with Gasteiger partial charge in [0.05, 0.1) is 5.69 Å². The number of benzene rings is 1. The Kier molecular flexibility index (Phi) is 4.85. The molecule has 2 aromatic rings. The van der Waals surface area contributed by atoms with E-state index in [-0.39, 0.29) is 5.54 Å². The first-order valence-electron chi connectivity index (χ1n) is 7.43. The number of oxazole rings is 1. The van der Waals surface area contributed by atoms with Gasteiger partial charge in [-0.25, -0.2) is 4.98 Å². The number of rotatable bonds is 4. The van der Waals surface area contributed by atoms with Gasteiger partial charge in [0.1, 0.15) is 6.26 Å². The largest absolute Gasteiger partial charge is 0.444 e. The van der Waals surface area contributed by atoms with Crippen LogP contribution in [0.1, 0.15) is 32.0 Å². The second-order valence-corrected chi connectivity index (χ2v) is 6.40. The van der Waals surface area contributed by atoms with Crippen LogP contribution in [0.15, 0.2) is 39.9 Å². The molecule has 118 valence electrons. The van der Waals surface area contributed by atoms with Crippen LogP contribution in [0.3, 0.4) is 0 Å². The van der Waals surface area contributed by atoms with Gasteiger partial charge in [-0.15, -0.1) is 0 Å². The highest BCUT2D eigenvalue weighted by atomic mass is 16.3. The van der Waals surface area contributed by atoms with E-state index in [1.165, 1.54) is 5.56 Å². The summed E-state index contributed by atoms with van der Waals surface area (Å²) >= 11 is 0. The number of hydrogen-bond donors (Lipinski definition) is 2. The Hall–Kier alpha value is -2.30. The van der Waals surface area contributed by atoms with Crippen molar-refractivity contribution in [2.24, 2.45) is 10.7 Å². The zero-order valence-corrected chi connectivity index (χ0v) is 13.7. The highest BCUT2D eigenvalue weighted by molar-refractivity contribution is 5.78. The van der Waals surface area contributed by atoms with Gasteiger partial charge in [0.15, 0.2) is 5.96 Å². The van der Waals surface area contributed by atoms with Crippen molar-refractivity contribution in [1.29, 1.82) is 0 Å². The number of aryl methyl sites for hydroxylation is 1. The van der Waals surface area contributed by atoms with Gasteiger partial charge in [0, 0.05) is 24.1 Å². The summed E-state index contributed by atoms with van der Waals surface area (Å²) in [4.78, 5) is 8.78. The van der Waals surface area contributed by atoms with E-state index >= 15 is 0 Å². The molecule has 0 aliphatic heterocycles. The third kappa shape index (κ3) is 4.91. The zero-order valence-electron chi connectivity index (χ0n) is 13.7. The summed E-state index contributed by atoms with van der Waals surface area (Å²) in [6.07, 6.45) is 2.37. The summed E-state index contributed by atoms with van der Waals surface area (Å²) in [7, 11) is 0. The van der Waals surface area contributed by atoms with Crippen LogP contribution in [-0.4, -0.2) is 23.0 Å². The molecule has 22 heavy (non-hydrogen) atoms. The number of nitrogens with one attached hydrogen (secondary N) is 1. The van der Waals surface area contributed by atoms with Crippen molar-refractivity contribution in [1.82, 2.24) is 10.3 Å². The predicted octanol–water partition coefficient (Wildman–Crippen LogP) is 2.90. The summed E-state index contributed by atoms with van der Waals surface area (Å²) in [6, 6.07) is 8.10. The molecule has 5 nitrogen and oxygen atoms in total. The summed E-state index contributed by atoms with van der Waals surface area (Å²) in [5, 5.41) is 3.13. The van der Waals surface area contributed by atoms with E-state index in [9.17, 15) is 0 Å². The van der Waals surface area contributed by atoms with Crippen molar-refractivity contribution in [2.45, 2.75) is 39.7 Å². The molecule has 0 aliphatic rings. The van der Waals surface area contributed by atoms with Crippen molar-refractivity contribution in [2.75, 3.05) is 6.54 Å². The molecule has 0 bridgehead atoms. The quantitative estimate of drug-likeness (QED) is 0.672. The molecule has 1 aromatic carbocycles. The lowest BCUT2D eigenvalue weighted by atomic mass is 10.1. The van der Waals surface area contributed by atoms with E-state index < -0.39 is 0 Å². The van der Waals surface area contributed by atoms with Crippen LogP contribution in [0, 0.1) is 6.92 Å². The van der Waals surface area contributed by atoms with Crippen LogP contribution in [-0.2, 0) is 6.42 Å². The molecule has 0 fully saturated rings. The molecule has 5 heteroatoms. The van der Waals surface area contributed by atoms with Crippen LogP contribution in [0.5, 0.6) is 0 Å². The van der Waals surface area contributed by atoms with Crippen molar-refractivity contribution >= 4 is 5.96 Å². The van der Waals surface area contributed by atoms with Gasteiger partial charge in [0.25, 0.3) is 0 Å². The summed E-state index contributed by atoms with van der Waals surface area (Å²) in [6.45, 7) is 8.76. The van der Waals surface area contributed by atoms with Crippen LogP contribution < -0.4 is 11.1 Å². The molecule has 3 N–H and O–H groups in total. The maximum absolute atomic E-state index is 5.83. The van der Waals surface area contributed by atoms with Crippen molar-refractivity contribution in [3.8, 4) is 11.5 Å². The molecule has 0 aliphatic carbocycles. The summed E-state index contributed by atoms with van der Waals surface area (Å²) in [5.41, 5.74) is 8.82. The Bertz CT molecular complexity index is 635. The minimum atomic E-state index is -0.0833. The monoisotopic (exact) mass is 300 g/mol. The standard InChI is InChI=1S/C17H24N4O/c1-12-5-7-13(8-6-12)15-20-14(11-22-15)9-10-19-16(18)21-17(2,3)4/h5-8,11H,9-10H2,1-4H3,(H3,18,19,21). The van der Waals surface area contributed by atoms with E-state index in [1.54, 1.807) is 6.26 Å². The fraction of sp³-hybridized carbons (Fsp3) is 0.412. The van der Waals surface area contributed by atoms with Gasteiger partial charge in [-0.2, -0.15) is 0 Å². The van der Waals surface area contributed by atoms with Crippen molar-refractivity contribution in [3.05, 3.63) is 41.8 Å². The van der Waals surface area contributed by atoms with Crippen molar-refractivity contribution < 1.29 is 4.42 Å².